The van der Waals surface area contributed by atoms with Gasteiger partial charge in [-0.1, -0.05) is 83.3 Å². The van der Waals surface area contributed by atoms with E-state index in [0.717, 1.165) is 11.1 Å². The summed E-state index contributed by atoms with van der Waals surface area (Å²) in [5, 5.41) is 7.71. The SMILES string of the molecule is COC(=O)Nc1sc(-c2nc(-c3ccccc3)c(NC(=O)OC)s2)nc1-c1ccccc1. The Bertz CT molecular complexity index is 1140. The zero-order valence-corrected chi connectivity index (χ0v) is 18.8. The number of ether oxygens (including phenoxy) is 2. The largest absolute Gasteiger partial charge is 0.453 e. The van der Waals surface area contributed by atoms with Gasteiger partial charge in [0.2, 0.25) is 0 Å². The van der Waals surface area contributed by atoms with Crippen LogP contribution in [0.5, 0.6) is 0 Å². The van der Waals surface area contributed by atoms with Crippen molar-refractivity contribution in [2.45, 2.75) is 0 Å². The zero-order chi connectivity index (χ0) is 22.5. The second kappa shape index (κ2) is 9.58. The van der Waals surface area contributed by atoms with Crippen molar-refractivity contribution in [2.24, 2.45) is 0 Å². The van der Waals surface area contributed by atoms with E-state index in [2.05, 4.69) is 10.6 Å². The highest BCUT2D eigenvalue weighted by Crippen LogP contribution is 2.43. The Morgan fingerprint density at radius 3 is 1.41 bits per heavy atom. The Kier molecular flexibility index (Phi) is 6.43. The van der Waals surface area contributed by atoms with Crippen LogP contribution in [-0.4, -0.2) is 36.4 Å². The summed E-state index contributed by atoms with van der Waals surface area (Å²) in [7, 11) is 2.61. The average molecular weight is 467 g/mol. The molecule has 4 aromatic rings. The summed E-state index contributed by atoms with van der Waals surface area (Å²) in [6.07, 6.45) is -1.18. The molecule has 2 N–H and O–H groups in total. The lowest BCUT2D eigenvalue weighted by Crippen LogP contribution is -2.10. The van der Waals surface area contributed by atoms with E-state index in [1.54, 1.807) is 0 Å². The number of methoxy groups -OCH3 is 2. The maximum Gasteiger partial charge on any atom is 0.412 e. The molecule has 2 amide bonds. The molecule has 2 heterocycles. The lowest BCUT2D eigenvalue weighted by atomic mass is 10.1. The van der Waals surface area contributed by atoms with E-state index in [1.807, 2.05) is 60.7 Å². The van der Waals surface area contributed by atoms with E-state index in [4.69, 9.17) is 19.4 Å². The number of anilines is 2. The van der Waals surface area contributed by atoms with Gasteiger partial charge in [0.15, 0.2) is 10.0 Å². The fourth-order valence-electron chi connectivity index (χ4n) is 2.86. The topological polar surface area (TPSA) is 102 Å². The van der Waals surface area contributed by atoms with Gasteiger partial charge in [-0.05, 0) is 0 Å². The van der Waals surface area contributed by atoms with E-state index < -0.39 is 12.2 Å². The fourth-order valence-corrected chi connectivity index (χ4v) is 4.83. The number of amides is 2. The van der Waals surface area contributed by atoms with Crippen LogP contribution in [0.2, 0.25) is 0 Å². The molecule has 0 saturated heterocycles. The standard InChI is InChI=1S/C22H18N4O4S2/c1-29-21(27)25-17-15(13-9-5-3-6-10-13)23-19(31-17)20-24-16(14-11-7-4-8-12-14)18(32-20)26-22(28)30-2/h3-12H,1-2H3,(H,25,27)(H,26,28). The number of thiazole rings is 2. The van der Waals surface area contributed by atoms with E-state index >= 15 is 0 Å². The maximum absolute atomic E-state index is 11.9. The molecule has 2 aromatic carbocycles. The zero-order valence-electron chi connectivity index (χ0n) is 17.1. The Labute approximate surface area is 191 Å². The van der Waals surface area contributed by atoms with Crippen LogP contribution >= 0.6 is 22.7 Å². The van der Waals surface area contributed by atoms with Crippen molar-refractivity contribution < 1.29 is 19.1 Å². The van der Waals surface area contributed by atoms with Crippen molar-refractivity contribution in [3.8, 4) is 32.5 Å². The summed E-state index contributed by atoms with van der Waals surface area (Å²) >= 11 is 2.55. The highest BCUT2D eigenvalue weighted by molar-refractivity contribution is 7.25. The van der Waals surface area contributed by atoms with Crippen molar-refractivity contribution in [2.75, 3.05) is 24.9 Å². The normalized spacial score (nSPS) is 10.4. The Morgan fingerprint density at radius 2 is 1.06 bits per heavy atom. The summed E-state index contributed by atoms with van der Waals surface area (Å²) in [5.41, 5.74) is 2.90. The third-order valence-electron chi connectivity index (χ3n) is 4.33. The van der Waals surface area contributed by atoms with Crippen LogP contribution in [0.3, 0.4) is 0 Å². The van der Waals surface area contributed by atoms with Crippen LogP contribution in [0, 0.1) is 0 Å². The van der Waals surface area contributed by atoms with Gasteiger partial charge in [0.1, 0.15) is 21.4 Å². The third kappa shape index (κ3) is 4.61. The maximum atomic E-state index is 11.9. The van der Waals surface area contributed by atoms with Gasteiger partial charge in [-0.2, -0.15) is 0 Å². The van der Waals surface area contributed by atoms with Gasteiger partial charge in [0.25, 0.3) is 0 Å². The quantitative estimate of drug-likeness (QED) is 0.376. The van der Waals surface area contributed by atoms with E-state index in [1.165, 1.54) is 36.9 Å². The molecule has 0 radical (unpaired) electrons. The molecule has 0 atom stereocenters. The molecule has 0 aliphatic rings. The average Bonchev–Trinajstić information content (AvgIpc) is 3.44. The minimum atomic E-state index is -0.588. The molecule has 0 bridgehead atoms. The molecule has 0 saturated carbocycles. The third-order valence-corrected chi connectivity index (χ3v) is 6.42. The summed E-state index contributed by atoms with van der Waals surface area (Å²) in [5.74, 6) is 0. The molecular weight excluding hydrogens is 448 g/mol. The van der Waals surface area contributed by atoms with Gasteiger partial charge in [0.05, 0.1) is 14.2 Å². The number of carbonyl (C=O) groups is 2. The first-order chi connectivity index (χ1) is 15.6. The smallest absolute Gasteiger partial charge is 0.412 e. The molecule has 8 nitrogen and oxygen atoms in total. The first kappa shape index (κ1) is 21.5. The van der Waals surface area contributed by atoms with E-state index in [-0.39, 0.29) is 0 Å². The Balaban J connectivity index is 1.80. The minimum absolute atomic E-state index is 0.539. The lowest BCUT2D eigenvalue weighted by Gasteiger charge is -2.03. The molecule has 0 unspecified atom stereocenters. The van der Waals surface area contributed by atoms with Crippen LogP contribution in [-0.2, 0) is 9.47 Å². The predicted octanol–water partition coefficient (Wildman–Crippen LogP) is 5.96. The Morgan fingerprint density at radius 1 is 0.688 bits per heavy atom. The lowest BCUT2D eigenvalue weighted by molar-refractivity contribution is 0.186. The first-order valence-corrected chi connectivity index (χ1v) is 11.0. The van der Waals surface area contributed by atoms with Gasteiger partial charge >= 0.3 is 12.2 Å². The molecule has 2 aromatic heterocycles. The van der Waals surface area contributed by atoms with Crippen molar-refractivity contribution in [1.82, 2.24) is 9.97 Å². The second-order valence-electron chi connectivity index (χ2n) is 6.36. The van der Waals surface area contributed by atoms with Crippen LogP contribution in [0.4, 0.5) is 19.6 Å². The number of carbonyl (C=O) groups excluding carboxylic acids is 2. The molecule has 0 aliphatic carbocycles. The second-order valence-corrected chi connectivity index (χ2v) is 8.36. The van der Waals surface area contributed by atoms with Crippen molar-refractivity contribution >= 4 is 44.9 Å². The summed E-state index contributed by atoms with van der Waals surface area (Å²) in [6.45, 7) is 0. The van der Waals surface area contributed by atoms with Crippen molar-refractivity contribution in [1.29, 1.82) is 0 Å². The molecular formula is C22H18N4O4S2. The highest BCUT2D eigenvalue weighted by Gasteiger charge is 2.22. The monoisotopic (exact) mass is 466 g/mol. The minimum Gasteiger partial charge on any atom is -0.453 e. The predicted molar refractivity (Wildman–Crippen MR) is 126 cm³/mol. The van der Waals surface area contributed by atoms with Gasteiger partial charge in [-0.25, -0.2) is 19.6 Å². The highest BCUT2D eigenvalue weighted by atomic mass is 32.1. The Hall–Kier alpha value is -3.76. The summed E-state index contributed by atoms with van der Waals surface area (Å²) < 4.78 is 9.50. The number of rotatable bonds is 5. The molecule has 32 heavy (non-hydrogen) atoms. The van der Waals surface area contributed by atoms with E-state index in [0.29, 0.717) is 31.4 Å². The molecule has 10 heteroatoms. The number of aromatic nitrogens is 2. The molecule has 162 valence electrons. The van der Waals surface area contributed by atoms with Crippen LogP contribution in [0.25, 0.3) is 32.5 Å². The van der Waals surface area contributed by atoms with Crippen LogP contribution in [0.15, 0.2) is 60.7 Å². The summed E-state index contributed by atoms with van der Waals surface area (Å²) in [4.78, 5) is 33.2. The molecule has 0 spiro atoms. The summed E-state index contributed by atoms with van der Waals surface area (Å²) in [6, 6.07) is 19.0. The van der Waals surface area contributed by atoms with Gasteiger partial charge in [-0.3, -0.25) is 10.6 Å². The van der Waals surface area contributed by atoms with E-state index in [9.17, 15) is 9.59 Å². The van der Waals surface area contributed by atoms with Crippen LogP contribution < -0.4 is 10.6 Å². The fraction of sp³-hybridized carbons (Fsp3) is 0.0909. The first-order valence-electron chi connectivity index (χ1n) is 9.42. The van der Waals surface area contributed by atoms with Gasteiger partial charge in [-0.15, -0.1) is 0 Å². The van der Waals surface area contributed by atoms with Crippen molar-refractivity contribution in [3.63, 3.8) is 0 Å². The molecule has 4 rings (SSSR count). The number of nitrogens with one attached hydrogen (secondary N) is 2. The number of hydrogen-bond acceptors (Lipinski definition) is 8. The van der Waals surface area contributed by atoms with Crippen LogP contribution in [0.1, 0.15) is 0 Å². The number of benzene rings is 2. The number of hydrogen-bond donors (Lipinski definition) is 2. The molecule has 0 fully saturated rings. The number of nitrogens with zero attached hydrogens (tertiary/aromatic N) is 2. The van der Waals surface area contributed by atoms with Crippen molar-refractivity contribution in [3.05, 3.63) is 60.7 Å². The van der Waals surface area contributed by atoms with Gasteiger partial charge in [0, 0.05) is 11.1 Å². The molecule has 0 aliphatic heterocycles. The van der Waals surface area contributed by atoms with Gasteiger partial charge < -0.3 is 9.47 Å².